The molecule has 0 saturated heterocycles. The molecule has 0 saturated carbocycles. The van der Waals surface area contributed by atoms with Gasteiger partial charge in [-0.25, -0.2) is 0 Å². The third kappa shape index (κ3) is 2.68. The molecule has 6 heteroatoms. The second-order valence-electron chi connectivity index (χ2n) is 2.58. The van der Waals surface area contributed by atoms with Crippen molar-refractivity contribution >= 4 is 11.9 Å². The third-order valence-electron chi connectivity index (χ3n) is 1.60. The predicted molar refractivity (Wildman–Crippen MR) is 40.6 cm³/mol. The summed E-state index contributed by atoms with van der Waals surface area (Å²) in [5.41, 5.74) is -0.777. The number of carbonyl (C=O) groups excluding carboxylic acids is 2. The van der Waals surface area contributed by atoms with Crippen LogP contribution in [0.5, 0.6) is 5.75 Å². The second kappa shape index (κ2) is 4.43. The Morgan fingerprint density at radius 2 is 1.53 bits per heavy atom. The van der Waals surface area contributed by atoms with Crippen molar-refractivity contribution in [2.75, 3.05) is 6.79 Å². The molecule has 0 aliphatic carbocycles. The lowest BCUT2D eigenvalue weighted by atomic mass is 10.1. The SMILES string of the molecule is O=C([O-])c1cc(OC[O-])cc(C(=O)[O-])c1. The summed E-state index contributed by atoms with van der Waals surface area (Å²) in [6, 6.07) is 2.86. The summed E-state index contributed by atoms with van der Waals surface area (Å²) in [4.78, 5) is 20.9. The third-order valence-corrected chi connectivity index (χ3v) is 1.60. The van der Waals surface area contributed by atoms with E-state index in [-0.39, 0.29) is 16.9 Å². The summed E-state index contributed by atoms with van der Waals surface area (Å²) in [5, 5.41) is 31.1. The van der Waals surface area contributed by atoms with Crippen molar-refractivity contribution in [2.45, 2.75) is 0 Å². The van der Waals surface area contributed by atoms with Gasteiger partial charge in [0, 0.05) is 17.9 Å². The number of hydrogen-bond acceptors (Lipinski definition) is 6. The average molecular weight is 209 g/mol. The summed E-state index contributed by atoms with van der Waals surface area (Å²) in [7, 11) is 0. The van der Waals surface area contributed by atoms with Crippen LogP contribution >= 0.6 is 0 Å². The Balaban J connectivity index is 3.19. The highest BCUT2D eigenvalue weighted by atomic mass is 16.6. The first-order chi connectivity index (χ1) is 7.04. The fraction of sp³-hybridized carbons (Fsp3) is 0.111. The molecule has 0 aromatic heterocycles. The Morgan fingerprint density at radius 3 is 1.87 bits per heavy atom. The minimum absolute atomic E-state index is 0.147. The first-order valence-corrected chi connectivity index (χ1v) is 3.83. The van der Waals surface area contributed by atoms with E-state index in [9.17, 15) is 24.9 Å². The molecule has 0 bridgehead atoms. The molecule has 6 nitrogen and oxygen atoms in total. The molecule has 1 rings (SSSR count). The van der Waals surface area contributed by atoms with Gasteiger partial charge >= 0.3 is 0 Å². The van der Waals surface area contributed by atoms with E-state index in [0.717, 1.165) is 18.2 Å². The van der Waals surface area contributed by atoms with Gasteiger partial charge < -0.3 is 29.6 Å². The molecule has 0 atom stereocenters. The standard InChI is InChI=1S/C9H7O6/c10-4-15-7-2-5(8(11)12)1-6(3-7)9(13)14/h1-3H,4H2,(H,11,12)(H,13,14)/q-1/p-2. The van der Waals surface area contributed by atoms with E-state index in [2.05, 4.69) is 4.74 Å². The topological polar surface area (TPSA) is 113 Å². The molecule has 0 aliphatic rings. The van der Waals surface area contributed by atoms with Gasteiger partial charge in [-0.1, -0.05) is 0 Å². The van der Waals surface area contributed by atoms with Crippen molar-refractivity contribution in [3.63, 3.8) is 0 Å². The summed E-state index contributed by atoms with van der Waals surface area (Å²) < 4.78 is 4.45. The van der Waals surface area contributed by atoms with E-state index in [1.54, 1.807) is 0 Å². The fourth-order valence-corrected chi connectivity index (χ4v) is 0.986. The zero-order chi connectivity index (χ0) is 11.4. The first kappa shape index (κ1) is 11.0. The number of carboxylic acids is 2. The van der Waals surface area contributed by atoms with Crippen LogP contribution in [0.1, 0.15) is 20.7 Å². The van der Waals surface area contributed by atoms with Crippen LogP contribution in [0, 0.1) is 0 Å². The predicted octanol–water partition coefficient (Wildman–Crippen LogP) is -2.89. The minimum Gasteiger partial charge on any atom is -0.824 e. The quantitative estimate of drug-likeness (QED) is 0.492. The van der Waals surface area contributed by atoms with Crippen molar-refractivity contribution in [3.8, 4) is 5.75 Å². The second-order valence-corrected chi connectivity index (χ2v) is 2.58. The zero-order valence-corrected chi connectivity index (χ0v) is 7.39. The number of carboxylic acid groups (broad SMARTS) is 2. The van der Waals surface area contributed by atoms with Crippen LogP contribution in [-0.2, 0) is 0 Å². The van der Waals surface area contributed by atoms with Crippen LogP contribution < -0.4 is 20.1 Å². The highest BCUT2D eigenvalue weighted by Crippen LogP contribution is 2.16. The number of benzene rings is 1. The molecule has 0 aliphatic heterocycles. The average Bonchev–Trinajstić information content (AvgIpc) is 2.17. The Kier molecular flexibility index (Phi) is 3.25. The number of aromatic carboxylic acids is 2. The molecule has 0 amide bonds. The minimum atomic E-state index is -1.56. The van der Waals surface area contributed by atoms with E-state index in [1.165, 1.54) is 0 Å². The van der Waals surface area contributed by atoms with E-state index in [0.29, 0.717) is 0 Å². The van der Waals surface area contributed by atoms with E-state index in [4.69, 9.17) is 0 Å². The molecule has 0 radical (unpaired) electrons. The van der Waals surface area contributed by atoms with Crippen molar-refractivity contribution in [2.24, 2.45) is 0 Å². The maximum Gasteiger partial charge on any atom is 0.118 e. The first-order valence-electron chi connectivity index (χ1n) is 3.83. The molecule has 0 fully saturated rings. The van der Waals surface area contributed by atoms with Gasteiger partial charge in [0.25, 0.3) is 0 Å². The highest BCUT2D eigenvalue weighted by molar-refractivity contribution is 5.92. The Labute approximate surface area is 84.3 Å². The van der Waals surface area contributed by atoms with Crippen molar-refractivity contribution in [1.82, 2.24) is 0 Å². The Morgan fingerprint density at radius 1 is 1.07 bits per heavy atom. The van der Waals surface area contributed by atoms with Crippen LogP contribution in [0.4, 0.5) is 0 Å². The van der Waals surface area contributed by atoms with Crippen molar-refractivity contribution in [1.29, 1.82) is 0 Å². The smallest absolute Gasteiger partial charge is 0.118 e. The summed E-state index contributed by atoms with van der Waals surface area (Å²) in [6.07, 6.45) is 0. The fourth-order valence-electron chi connectivity index (χ4n) is 0.986. The number of carbonyl (C=O) groups is 2. The molecule has 0 unspecified atom stereocenters. The maximum atomic E-state index is 10.5. The maximum absolute atomic E-state index is 10.5. The van der Waals surface area contributed by atoms with Crippen LogP contribution in [0.2, 0.25) is 0 Å². The van der Waals surface area contributed by atoms with Gasteiger partial charge in [0.05, 0.1) is 11.9 Å². The van der Waals surface area contributed by atoms with Gasteiger partial charge in [-0.05, 0) is 18.2 Å². The Bertz CT molecular complexity index is 365. The molecule has 1 aromatic carbocycles. The van der Waals surface area contributed by atoms with Crippen LogP contribution in [0.25, 0.3) is 0 Å². The molecule has 15 heavy (non-hydrogen) atoms. The monoisotopic (exact) mass is 209 g/mol. The van der Waals surface area contributed by atoms with Crippen molar-refractivity contribution in [3.05, 3.63) is 29.3 Å². The molecular formula is C9H5O6-3. The molecule has 0 heterocycles. The normalized spacial score (nSPS) is 9.67. The molecule has 0 N–H and O–H groups in total. The lowest BCUT2D eigenvalue weighted by Crippen LogP contribution is -2.26. The largest absolute Gasteiger partial charge is 0.824 e. The van der Waals surface area contributed by atoms with Crippen LogP contribution in [0.3, 0.4) is 0 Å². The number of ether oxygens (including phenoxy) is 1. The number of hydrogen-bond donors (Lipinski definition) is 0. The molecule has 0 spiro atoms. The van der Waals surface area contributed by atoms with E-state index in [1.807, 2.05) is 0 Å². The lowest BCUT2D eigenvalue weighted by molar-refractivity contribution is -0.413. The molecule has 80 valence electrons. The van der Waals surface area contributed by atoms with Gasteiger partial charge in [-0.15, -0.1) is 0 Å². The summed E-state index contributed by atoms with van der Waals surface area (Å²) in [5.74, 6) is -3.27. The zero-order valence-electron chi connectivity index (χ0n) is 7.39. The van der Waals surface area contributed by atoms with Gasteiger partial charge in [-0.2, -0.15) is 0 Å². The van der Waals surface area contributed by atoms with Gasteiger partial charge in [-0.3, -0.25) is 0 Å². The van der Waals surface area contributed by atoms with Gasteiger partial charge in [0.15, 0.2) is 0 Å². The van der Waals surface area contributed by atoms with Gasteiger partial charge in [0.2, 0.25) is 0 Å². The highest BCUT2D eigenvalue weighted by Gasteiger charge is 2.02. The molecular weight excluding hydrogens is 204 g/mol. The summed E-state index contributed by atoms with van der Waals surface area (Å²) in [6.45, 7) is -0.941. The van der Waals surface area contributed by atoms with Crippen molar-refractivity contribution < 1.29 is 29.6 Å². The Hall–Kier alpha value is -2.08. The van der Waals surface area contributed by atoms with Gasteiger partial charge in [0.1, 0.15) is 5.75 Å². The van der Waals surface area contributed by atoms with E-state index >= 15 is 0 Å². The molecule has 1 aromatic rings. The summed E-state index contributed by atoms with van der Waals surface area (Å²) >= 11 is 0. The number of rotatable bonds is 4. The van der Waals surface area contributed by atoms with Crippen LogP contribution in [-0.4, -0.2) is 18.7 Å². The van der Waals surface area contributed by atoms with Crippen LogP contribution in [0.15, 0.2) is 18.2 Å². The lowest BCUT2D eigenvalue weighted by Gasteiger charge is -2.13. The van der Waals surface area contributed by atoms with E-state index < -0.39 is 18.7 Å².